The molecule has 0 N–H and O–H groups in total. The maximum absolute atomic E-state index is 11.5. The van der Waals surface area contributed by atoms with E-state index in [9.17, 15) is 4.79 Å². The maximum Gasteiger partial charge on any atom is 0.203 e. The van der Waals surface area contributed by atoms with Crippen LogP contribution in [0.15, 0.2) is 60.8 Å². The minimum atomic E-state index is -0.240. The molecule has 1 aromatic heterocycles. The molecule has 2 aromatic carbocycles. The summed E-state index contributed by atoms with van der Waals surface area (Å²) in [6.07, 6.45) is 3.44. The SMILES string of the molecule is CC(=O)/C=C1\OC(n2cc(C)c3ccccc32)c2ccccc21. The number of carbonyl (C=O) groups is 1. The number of carbonyl (C=O) groups excluding carboxylic acids is 1. The Hall–Kier alpha value is -2.81. The van der Waals surface area contributed by atoms with Crippen LogP contribution in [0.5, 0.6) is 0 Å². The fourth-order valence-electron chi connectivity index (χ4n) is 3.26. The summed E-state index contributed by atoms with van der Waals surface area (Å²) in [5, 5.41) is 1.22. The zero-order valence-electron chi connectivity index (χ0n) is 13.1. The van der Waals surface area contributed by atoms with Gasteiger partial charge in [0.05, 0.1) is 5.52 Å². The Balaban J connectivity index is 1.91. The van der Waals surface area contributed by atoms with Gasteiger partial charge in [0, 0.05) is 28.8 Å². The van der Waals surface area contributed by atoms with Gasteiger partial charge in [-0.1, -0.05) is 42.5 Å². The minimum Gasteiger partial charge on any atom is -0.465 e. The van der Waals surface area contributed by atoms with E-state index in [4.69, 9.17) is 4.74 Å². The molecule has 0 aliphatic carbocycles. The van der Waals surface area contributed by atoms with E-state index in [0.717, 1.165) is 16.6 Å². The molecule has 0 saturated carbocycles. The number of nitrogens with zero attached hydrogens (tertiary/aromatic N) is 1. The van der Waals surface area contributed by atoms with E-state index in [1.54, 1.807) is 13.0 Å². The highest BCUT2D eigenvalue weighted by Gasteiger charge is 2.30. The van der Waals surface area contributed by atoms with Gasteiger partial charge in [0.25, 0.3) is 0 Å². The van der Waals surface area contributed by atoms with Gasteiger partial charge >= 0.3 is 0 Å². The van der Waals surface area contributed by atoms with Crippen LogP contribution in [0.3, 0.4) is 0 Å². The molecule has 0 spiro atoms. The summed E-state index contributed by atoms with van der Waals surface area (Å²) in [5.41, 5.74) is 4.42. The number of aromatic nitrogens is 1. The molecular weight excluding hydrogens is 286 g/mol. The van der Waals surface area contributed by atoms with Crippen molar-refractivity contribution in [2.75, 3.05) is 0 Å². The van der Waals surface area contributed by atoms with Crippen molar-refractivity contribution in [1.29, 1.82) is 0 Å². The number of hydrogen-bond donors (Lipinski definition) is 0. The molecule has 114 valence electrons. The summed E-state index contributed by atoms with van der Waals surface area (Å²) < 4.78 is 8.30. The quantitative estimate of drug-likeness (QED) is 0.655. The molecule has 1 aliphatic heterocycles. The smallest absolute Gasteiger partial charge is 0.203 e. The van der Waals surface area contributed by atoms with Crippen LogP contribution >= 0.6 is 0 Å². The second-order valence-corrected chi connectivity index (χ2v) is 5.91. The monoisotopic (exact) mass is 303 g/mol. The Bertz CT molecular complexity index is 949. The highest BCUT2D eigenvalue weighted by atomic mass is 16.5. The molecule has 3 aromatic rings. The van der Waals surface area contributed by atoms with Gasteiger partial charge in [-0.2, -0.15) is 0 Å². The number of benzene rings is 2. The van der Waals surface area contributed by atoms with E-state index in [-0.39, 0.29) is 12.0 Å². The third-order valence-corrected chi connectivity index (χ3v) is 4.26. The van der Waals surface area contributed by atoms with Crippen molar-refractivity contribution in [3.05, 3.63) is 77.5 Å². The number of hydrogen-bond acceptors (Lipinski definition) is 2. The van der Waals surface area contributed by atoms with Gasteiger partial charge in [0.2, 0.25) is 6.23 Å². The van der Waals surface area contributed by atoms with Crippen molar-refractivity contribution < 1.29 is 9.53 Å². The summed E-state index contributed by atoms with van der Waals surface area (Å²) in [4.78, 5) is 11.5. The van der Waals surface area contributed by atoms with Crippen LogP contribution in [-0.2, 0) is 9.53 Å². The van der Waals surface area contributed by atoms with Crippen molar-refractivity contribution >= 4 is 22.4 Å². The third-order valence-electron chi connectivity index (χ3n) is 4.26. The first-order chi connectivity index (χ1) is 11.1. The van der Waals surface area contributed by atoms with Crippen LogP contribution < -0.4 is 0 Å². The number of ether oxygens (including phenoxy) is 1. The van der Waals surface area contributed by atoms with Gasteiger partial charge in [-0.15, -0.1) is 0 Å². The zero-order chi connectivity index (χ0) is 16.0. The second-order valence-electron chi connectivity index (χ2n) is 5.91. The van der Waals surface area contributed by atoms with Gasteiger partial charge in [-0.05, 0) is 25.5 Å². The molecule has 23 heavy (non-hydrogen) atoms. The first-order valence-electron chi connectivity index (χ1n) is 7.69. The van der Waals surface area contributed by atoms with E-state index < -0.39 is 0 Å². The highest BCUT2D eigenvalue weighted by molar-refractivity contribution is 5.94. The van der Waals surface area contributed by atoms with Gasteiger partial charge in [0.15, 0.2) is 5.78 Å². The summed E-state index contributed by atoms with van der Waals surface area (Å²) in [6, 6.07) is 16.3. The normalized spacial score (nSPS) is 18.2. The first-order valence-corrected chi connectivity index (χ1v) is 7.69. The van der Waals surface area contributed by atoms with E-state index in [1.165, 1.54) is 10.9 Å². The molecule has 3 nitrogen and oxygen atoms in total. The number of ketones is 1. The number of aryl methyl sites for hydroxylation is 1. The van der Waals surface area contributed by atoms with Crippen LogP contribution in [0.25, 0.3) is 16.7 Å². The van der Waals surface area contributed by atoms with Gasteiger partial charge in [-0.25, -0.2) is 0 Å². The highest BCUT2D eigenvalue weighted by Crippen LogP contribution is 2.41. The first kappa shape index (κ1) is 13.8. The summed E-state index contributed by atoms with van der Waals surface area (Å²) in [6.45, 7) is 3.65. The van der Waals surface area contributed by atoms with E-state index in [0.29, 0.717) is 5.76 Å². The largest absolute Gasteiger partial charge is 0.465 e. The molecule has 0 bridgehead atoms. The Morgan fingerprint density at radius 2 is 1.87 bits per heavy atom. The molecule has 0 amide bonds. The molecular formula is C20H17NO2. The predicted octanol–water partition coefficient (Wildman–Crippen LogP) is 4.46. The fourth-order valence-corrected chi connectivity index (χ4v) is 3.26. The second kappa shape index (κ2) is 5.13. The molecule has 1 atom stereocenters. The van der Waals surface area contributed by atoms with E-state index >= 15 is 0 Å². The van der Waals surface area contributed by atoms with Crippen LogP contribution in [0.2, 0.25) is 0 Å². The molecule has 2 heterocycles. The third kappa shape index (κ3) is 2.16. The lowest BCUT2D eigenvalue weighted by Gasteiger charge is -2.15. The van der Waals surface area contributed by atoms with Crippen molar-refractivity contribution in [2.24, 2.45) is 0 Å². The molecule has 0 saturated heterocycles. The van der Waals surface area contributed by atoms with Gasteiger partial charge < -0.3 is 9.30 Å². The topological polar surface area (TPSA) is 31.2 Å². The lowest BCUT2D eigenvalue weighted by molar-refractivity contribution is -0.112. The van der Waals surface area contributed by atoms with Crippen molar-refractivity contribution in [3.8, 4) is 0 Å². The van der Waals surface area contributed by atoms with Gasteiger partial charge in [-0.3, -0.25) is 4.79 Å². The van der Waals surface area contributed by atoms with Crippen LogP contribution in [0.4, 0.5) is 0 Å². The number of para-hydroxylation sites is 1. The van der Waals surface area contributed by atoms with Crippen LogP contribution in [0, 0.1) is 6.92 Å². The van der Waals surface area contributed by atoms with Crippen LogP contribution in [-0.4, -0.2) is 10.4 Å². The fraction of sp³-hybridized carbons (Fsp3) is 0.150. The average Bonchev–Trinajstić information content (AvgIpc) is 3.06. The van der Waals surface area contributed by atoms with Crippen LogP contribution in [0.1, 0.15) is 29.8 Å². The Kier molecular flexibility index (Phi) is 3.08. The molecule has 3 heteroatoms. The number of rotatable bonds is 2. The Labute approximate surface area is 134 Å². The Morgan fingerprint density at radius 3 is 2.70 bits per heavy atom. The molecule has 0 fully saturated rings. The van der Waals surface area contributed by atoms with Crippen molar-refractivity contribution in [3.63, 3.8) is 0 Å². The molecule has 1 aliphatic rings. The average molecular weight is 303 g/mol. The van der Waals surface area contributed by atoms with Crippen molar-refractivity contribution in [2.45, 2.75) is 20.1 Å². The Morgan fingerprint density at radius 1 is 1.13 bits per heavy atom. The summed E-state index contributed by atoms with van der Waals surface area (Å²) in [5.74, 6) is 0.637. The standard InChI is InChI=1S/C20H17NO2/c1-13-12-21(18-10-6-5-7-15(13)18)20-17-9-4-3-8-16(17)19(23-20)11-14(2)22/h3-12,20H,1-2H3/b19-11-. The van der Waals surface area contributed by atoms with E-state index in [2.05, 4.69) is 35.9 Å². The lowest BCUT2D eigenvalue weighted by atomic mass is 10.1. The van der Waals surface area contributed by atoms with Gasteiger partial charge in [0.1, 0.15) is 5.76 Å². The predicted molar refractivity (Wildman–Crippen MR) is 91.0 cm³/mol. The summed E-state index contributed by atoms with van der Waals surface area (Å²) >= 11 is 0. The molecule has 1 unspecified atom stereocenters. The zero-order valence-corrected chi connectivity index (χ0v) is 13.1. The van der Waals surface area contributed by atoms with Crippen molar-refractivity contribution in [1.82, 2.24) is 4.57 Å². The molecule has 4 rings (SSSR count). The maximum atomic E-state index is 11.5. The van der Waals surface area contributed by atoms with E-state index in [1.807, 2.05) is 30.3 Å². The number of allylic oxidation sites excluding steroid dienone is 1. The lowest BCUT2D eigenvalue weighted by Crippen LogP contribution is -2.07. The summed E-state index contributed by atoms with van der Waals surface area (Å²) in [7, 11) is 0. The minimum absolute atomic E-state index is 0.0102. The number of fused-ring (bicyclic) bond motifs is 2. The molecule has 0 radical (unpaired) electrons.